The third-order valence-electron chi connectivity index (χ3n) is 2.78. The van der Waals surface area contributed by atoms with Crippen LogP contribution in [0.5, 0.6) is 0 Å². The summed E-state index contributed by atoms with van der Waals surface area (Å²) in [6.45, 7) is 3.59. The van der Waals surface area contributed by atoms with Crippen LogP contribution in [-0.2, 0) is 9.59 Å². The molecule has 0 aliphatic heterocycles. The fourth-order valence-corrected chi connectivity index (χ4v) is 2.12. The summed E-state index contributed by atoms with van der Waals surface area (Å²) in [5.41, 5.74) is 0. The predicted molar refractivity (Wildman–Crippen MR) is 46.8 cm³/mol. The van der Waals surface area contributed by atoms with Crippen molar-refractivity contribution in [2.75, 3.05) is 0 Å². The van der Waals surface area contributed by atoms with E-state index in [-0.39, 0.29) is 17.5 Å². The molecule has 0 radical (unpaired) electrons. The molecule has 1 saturated carbocycles. The van der Waals surface area contributed by atoms with E-state index in [1.54, 1.807) is 0 Å². The Bertz CT molecular complexity index is 196. The maximum absolute atomic E-state index is 11.4. The fourth-order valence-electron chi connectivity index (χ4n) is 2.12. The molecule has 2 atom stereocenters. The molecule has 0 amide bonds. The van der Waals surface area contributed by atoms with Gasteiger partial charge in [-0.1, -0.05) is 13.3 Å². The summed E-state index contributed by atoms with van der Waals surface area (Å²) in [7, 11) is 0. The van der Waals surface area contributed by atoms with Gasteiger partial charge in [0.15, 0.2) is 0 Å². The standard InChI is InChI=1S/C10H16O2/c1-3-8-5-4-6-9(12)10(8)7(2)11/h8,10H,3-6H2,1-2H3. The number of ketones is 2. The first kappa shape index (κ1) is 9.43. The fraction of sp³-hybridized carbons (Fsp3) is 0.800. The van der Waals surface area contributed by atoms with E-state index in [0.29, 0.717) is 12.3 Å². The van der Waals surface area contributed by atoms with Gasteiger partial charge < -0.3 is 0 Å². The van der Waals surface area contributed by atoms with E-state index >= 15 is 0 Å². The van der Waals surface area contributed by atoms with Crippen molar-refractivity contribution in [2.45, 2.75) is 39.5 Å². The van der Waals surface area contributed by atoms with Gasteiger partial charge in [-0.25, -0.2) is 0 Å². The Morgan fingerprint density at radius 1 is 1.58 bits per heavy atom. The van der Waals surface area contributed by atoms with Crippen molar-refractivity contribution >= 4 is 11.6 Å². The highest BCUT2D eigenvalue weighted by molar-refractivity contribution is 6.02. The van der Waals surface area contributed by atoms with Gasteiger partial charge in [0, 0.05) is 6.42 Å². The van der Waals surface area contributed by atoms with Gasteiger partial charge in [-0.15, -0.1) is 0 Å². The smallest absolute Gasteiger partial charge is 0.143 e. The van der Waals surface area contributed by atoms with Crippen molar-refractivity contribution in [3.63, 3.8) is 0 Å². The lowest BCUT2D eigenvalue weighted by Crippen LogP contribution is -2.33. The molecule has 2 unspecified atom stereocenters. The molecule has 0 bridgehead atoms. The minimum atomic E-state index is -0.274. The van der Waals surface area contributed by atoms with Crippen LogP contribution < -0.4 is 0 Å². The summed E-state index contributed by atoms with van der Waals surface area (Å²) >= 11 is 0. The van der Waals surface area contributed by atoms with Gasteiger partial charge in [-0.3, -0.25) is 9.59 Å². The largest absolute Gasteiger partial charge is 0.299 e. The summed E-state index contributed by atoms with van der Waals surface area (Å²) in [6.07, 6.45) is 3.59. The summed E-state index contributed by atoms with van der Waals surface area (Å²) < 4.78 is 0. The normalized spacial score (nSPS) is 30.3. The Morgan fingerprint density at radius 2 is 2.25 bits per heavy atom. The lowest BCUT2D eigenvalue weighted by molar-refractivity contribution is -0.135. The average Bonchev–Trinajstić information content (AvgIpc) is 2.03. The molecular formula is C10H16O2. The molecule has 1 fully saturated rings. The van der Waals surface area contributed by atoms with E-state index in [9.17, 15) is 9.59 Å². The van der Waals surface area contributed by atoms with Crippen LogP contribution in [-0.4, -0.2) is 11.6 Å². The Hall–Kier alpha value is -0.660. The average molecular weight is 168 g/mol. The molecule has 0 heterocycles. The lowest BCUT2D eigenvalue weighted by Gasteiger charge is -2.27. The van der Waals surface area contributed by atoms with Crippen molar-refractivity contribution in [1.82, 2.24) is 0 Å². The highest BCUT2D eigenvalue weighted by Gasteiger charge is 2.33. The zero-order valence-corrected chi connectivity index (χ0v) is 7.80. The first-order valence-electron chi connectivity index (χ1n) is 4.70. The van der Waals surface area contributed by atoms with E-state index in [1.165, 1.54) is 6.92 Å². The molecule has 0 N–H and O–H groups in total. The molecule has 0 spiro atoms. The monoisotopic (exact) mass is 168 g/mol. The first-order valence-corrected chi connectivity index (χ1v) is 4.70. The molecule has 0 aromatic carbocycles. The number of rotatable bonds is 2. The third kappa shape index (κ3) is 1.74. The van der Waals surface area contributed by atoms with Crippen LogP contribution in [0.15, 0.2) is 0 Å². The maximum atomic E-state index is 11.4. The minimum absolute atomic E-state index is 0.0616. The van der Waals surface area contributed by atoms with Crippen LogP contribution in [0.1, 0.15) is 39.5 Å². The summed E-state index contributed by atoms with van der Waals surface area (Å²) in [4.78, 5) is 22.5. The highest BCUT2D eigenvalue weighted by atomic mass is 16.1. The number of Topliss-reactive ketones (excluding diaryl/α,β-unsaturated/α-hetero) is 2. The van der Waals surface area contributed by atoms with Crippen LogP contribution in [0.3, 0.4) is 0 Å². The van der Waals surface area contributed by atoms with Crippen molar-refractivity contribution in [3.05, 3.63) is 0 Å². The molecule has 2 heteroatoms. The molecule has 1 aliphatic rings. The Morgan fingerprint density at radius 3 is 2.67 bits per heavy atom. The van der Waals surface area contributed by atoms with Crippen molar-refractivity contribution in [1.29, 1.82) is 0 Å². The first-order chi connectivity index (χ1) is 5.66. The third-order valence-corrected chi connectivity index (χ3v) is 2.78. The second-order valence-electron chi connectivity index (χ2n) is 3.62. The van der Waals surface area contributed by atoms with Gasteiger partial charge in [0.05, 0.1) is 5.92 Å². The van der Waals surface area contributed by atoms with Gasteiger partial charge in [-0.2, -0.15) is 0 Å². The van der Waals surface area contributed by atoms with Gasteiger partial charge in [0.1, 0.15) is 11.6 Å². The molecule has 2 nitrogen and oxygen atoms in total. The molecule has 1 rings (SSSR count). The van der Waals surface area contributed by atoms with Crippen LogP contribution in [0.2, 0.25) is 0 Å². The minimum Gasteiger partial charge on any atom is -0.299 e. The predicted octanol–water partition coefficient (Wildman–Crippen LogP) is 1.97. The van der Waals surface area contributed by atoms with Gasteiger partial charge in [0.2, 0.25) is 0 Å². The van der Waals surface area contributed by atoms with E-state index < -0.39 is 0 Å². The number of hydrogen-bond acceptors (Lipinski definition) is 2. The molecular weight excluding hydrogens is 152 g/mol. The summed E-state index contributed by atoms with van der Waals surface area (Å²) in [6, 6.07) is 0. The van der Waals surface area contributed by atoms with Gasteiger partial charge >= 0.3 is 0 Å². The Balaban J connectivity index is 2.72. The SMILES string of the molecule is CCC1CCCC(=O)C1C(C)=O. The van der Waals surface area contributed by atoms with Crippen LogP contribution in [0, 0.1) is 11.8 Å². The van der Waals surface area contributed by atoms with Crippen LogP contribution >= 0.6 is 0 Å². The van der Waals surface area contributed by atoms with Gasteiger partial charge in [-0.05, 0) is 25.7 Å². The van der Waals surface area contributed by atoms with E-state index in [4.69, 9.17) is 0 Å². The molecule has 0 aromatic heterocycles. The number of carbonyl (C=O) groups is 2. The van der Waals surface area contributed by atoms with Crippen LogP contribution in [0.4, 0.5) is 0 Å². The zero-order valence-electron chi connectivity index (χ0n) is 7.80. The van der Waals surface area contributed by atoms with Crippen molar-refractivity contribution in [2.24, 2.45) is 11.8 Å². The quantitative estimate of drug-likeness (QED) is 0.591. The highest BCUT2D eigenvalue weighted by Crippen LogP contribution is 2.30. The van der Waals surface area contributed by atoms with Crippen molar-refractivity contribution in [3.8, 4) is 0 Å². The zero-order chi connectivity index (χ0) is 9.14. The summed E-state index contributed by atoms with van der Waals surface area (Å²) in [5.74, 6) is 0.277. The second-order valence-corrected chi connectivity index (χ2v) is 3.62. The van der Waals surface area contributed by atoms with Crippen molar-refractivity contribution < 1.29 is 9.59 Å². The van der Waals surface area contributed by atoms with Crippen LogP contribution in [0.25, 0.3) is 0 Å². The molecule has 1 aliphatic carbocycles. The van der Waals surface area contributed by atoms with E-state index in [1.807, 2.05) is 0 Å². The Labute approximate surface area is 73.3 Å². The van der Waals surface area contributed by atoms with E-state index in [0.717, 1.165) is 19.3 Å². The molecule has 12 heavy (non-hydrogen) atoms. The number of hydrogen-bond donors (Lipinski definition) is 0. The summed E-state index contributed by atoms with van der Waals surface area (Å²) in [5, 5.41) is 0. The van der Waals surface area contributed by atoms with E-state index in [2.05, 4.69) is 6.92 Å². The number of carbonyl (C=O) groups excluding carboxylic acids is 2. The molecule has 68 valence electrons. The Kier molecular flexibility index (Phi) is 3.01. The molecule has 0 aromatic rings. The van der Waals surface area contributed by atoms with Gasteiger partial charge in [0.25, 0.3) is 0 Å². The molecule has 0 saturated heterocycles. The second kappa shape index (κ2) is 3.83. The topological polar surface area (TPSA) is 34.1 Å². The maximum Gasteiger partial charge on any atom is 0.143 e. The lowest BCUT2D eigenvalue weighted by atomic mass is 9.75.